The van der Waals surface area contributed by atoms with E-state index in [0.717, 1.165) is 17.2 Å². The van der Waals surface area contributed by atoms with Crippen LogP contribution in [0.2, 0.25) is 0 Å². The molecule has 0 saturated heterocycles. The molecule has 0 amide bonds. The molecule has 3 heteroatoms. The maximum Gasteiger partial charge on any atom is 0.133 e. The minimum atomic E-state index is 0.402. The Morgan fingerprint density at radius 3 is 3.12 bits per heavy atom. The van der Waals surface area contributed by atoms with Crippen molar-refractivity contribution < 1.29 is 9.15 Å². The zero-order valence-electron chi connectivity index (χ0n) is 9.95. The first kappa shape index (κ1) is 11.7. The van der Waals surface area contributed by atoms with Crippen LogP contribution in [-0.2, 0) is 17.9 Å². The molecule has 0 radical (unpaired) electrons. The number of furan rings is 1. The lowest BCUT2D eigenvalue weighted by atomic mass is 9.89. The van der Waals surface area contributed by atoms with Gasteiger partial charge in [-0.1, -0.05) is 19.8 Å². The Balaban J connectivity index is 1.82. The second kappa shape index (κ2) is 5.51. The highest BCUT2D eigenvalue weighted by Crippen LogP contribution is 2.26. The molecule has 2 rings (SSSR count). The summed E-state index contributed by atoms with van der Waals surface area (Å²) in [5.74, 6) is 1.69. The second-order valence-electron chi connectivity index (χ2n) is 4.78. The van der Waals surface area contributed by atoms with Crippen LogP contribution in [0.4, 0.5) is 0 Å². The van der Waals surface area contributed by atoms with Crippen LogP contribution in [-0.4, -0.2) is 6.10 Å². The molecule has 1 heterocycles. The van der Waals surface area contributed by atoms with Gasteiger partial charge >= 0.3 is 0 Å². The summed E-state index contributed by atoms with van der Waals surface area (Å²) in [7, 11) is 0. The van der Waals surface area contributed by atoms with E-state index in [9.17, 15) is 0 Å². The smallest absolute Gasteiger partial charge is 0.133 e. The van der Waals surface area contributed by atoms with Gasteiger partial charge in [-0.25, -0.2) is 0 Å². The molecule has 1 aromatic rings. The normalized spacial score (nSPS) is 25.9. The van der Waals surface area contributed by atoms with E-state index in [0.29, 0.717) is 19.3 Å². The number of hydrogen-bond acceptors (Lipinski definition) is 3. The maximum absolute atomic E-state index is 5.89. The summed E-state index contributed by atoms with van der Waals surface area (Å²) >= 11 is 0. The summed E-state index contributed by atoms with van der Waals surface area (Å²) < 4.78 is 11.3. The van der Waals surface area contributed by atoms with Crippen molar-refractivity contribution in [2.24, 2.45) is 11.7 Å². The van der Waals surface area contributed by atoms with Gasteiger partial charge in [0.15, 0.2) is 0 Å². The average Bonchev–Trinajstić information content (AvgIpc) is 2.74. The Morgan fingerprint density at radius 1 is 1.50 bits per heavy atom. The topological polar surface area (TPSA) is 48.4 Å². The van der Waals surface area contributed by atoms with Crippen molar-refractivity contribution in [2.75, 3.05) is 0 Å². The fraction of sp³-hybridized carbons (Fsp3) is 0.692. The highest BCUT2D eigenvalue weighted by Gasteiger charge is 2.19. The van der Waals surface area contributed by atoms with Gasteiger partial charge in [-0.05, 0) is 24.8 Å². The summed E-state index contributed by atoms with van der Waals surface area (Å²) in [5, 5.41) is 0. The van der Waals surface area contributed by atoms with Crippen molar-refractivity contribution >= 4 is 0 Å². The largest absolute Gasteiger partial charge is 0.467 e. The monoisotopic (exact) mass is 223 g/mol. The molecule has 90 valence electrons. The number of hydrogen-bond donors (Lipinski definition) is 1. The molecule has 1 aliphatic rings. The summed E-state index contributed by atoms with van der Waals surface area (Å²) in [6.45, 7) is 3.39. The van der Waals surface area contributed by atoms with Crippen LogP contribution in [0.5, 0.6) is 0 Å². The molecule has 1 fully saturated rings. The minimum absolute atomic E-state index is 0.402. The van der Waals surface area contributed by atoms with E-state index >= 15 is 0 Å². The van der Waals surface area contributed by atoms with Crippen LogP contribution in [0.25, 0.3) is 0 Å². The highest BCUT2D eigenvalue weighted by atomic mass is 16.5. The molecule has 2 atom stereocenters. The van der Waals surface area contributed by atoms with Gasteiger partial charge < -0.3 is 14.9 Å². The predicted molar refractivity (Wildman–Crippen MR) is 62.8 cm³/mol. The van der Waals surface area contributed by atoms with E-state index in [-0.39, 0.29) is 0 Å². The Bertz CT molecular complexity index is 321. The zero-order valence-corrected chi connectivity index (χ0v) is 9.95. The minimum Gasteiger partial charge on any atom is -0.467 e. The summed E-state index contributed by atoms with van der Waals surface area (Å²) in [4.78, 5) is 0. The van der Waals surface area contributed by atoms with E-state index < -0.39 is 0 Å². The standard InChI is InChI=1S/C13H21NO2/c1-10-3-2-4-12(7-10)16-9-13-11(8-14)5-6-15-13/h5-6,10,12H,2-4,7-9,14H2,1H3. The van der Waals surface area contributed by atoms with Gasteiger partial charge in [0.05, 0.1) is 12.4 Å². The first-order valence-electron chi connectivity index (χ1n) is 6.16. The summed E-state index contributed by atoms with van der Waals surface area (Å²) in [5.41, 5.74) is 6.67. The van der Waals surface area contributed by atoms with Crippen LogP contribution in [0.1, 0.15) is 43.9 Å². The summed E-state index contributed by atoms with van der Waals surface area (Å²) in [6, 6.07) is 1.92. The van der Waals surface area contributed by atoms with Gasteiger partial charge in [0.2, 0.25) is 0 Å². The van der Waals surface area contributed by atoms with Crippen molar-refractivity contribution in [3.8, 4) is 0 Å². The molecule has 0 aliphatic heterocycles. The molecule has 1 aromatic heterocycles. The third-order valence-electron chi connectivity index (χ3n) is 3.40. The quantitative estimate of drug-likeness (QED) is 0.853. The van der Waals surface area contributed by atoms with E-state index in [2.05, 4.69) is 6.92 Å². The first-order chi connectivity index (χ1) is 7.79. The molecule has 0 spiro atoms. The Hall–Kier alpha value is -0.800. The number of ether oxygens (including phenoxy) is 1. The molecule has 2 N–H and O–H groups in total. The lowest BCUT2D eigenvalue weighted by molar-refractivity contribution is -0.00300. The van der Waals surface area contributed by atoms with E-state index in [1.54, 1.807) is 6.26 Å². The van der Waals surface area contributed by atoms with Crippen molar-refractivity contribution in [1.29, 1.82) is 0 Å². The van der Waals surface area contributed by atoms with Crippen molar-refractivity contribution in [3.63, 3.8) is 0 Å². The number of rotatable bonds is 4. The molecular weight excluding hydrogens is 202 g/mol. The SMILES string of the molecule is CC1CCCC(OCc2occc2CN)C1. The van der Waals surface area contributed by atoms with Gasteiger partial charge in [0.25, 0.3) is 0 Å². The van der Waals surface area contributed by atoms with Gasteiger partial charge in [0.1, 0.15) is 12.4 Å². The summed E-state index contributed by atoms with van der Waals surface area (Å²) in [6.07, 6.45) is 7.08. The zero-order chi connectivity index (χ0) is 11.4. The second-order valence-corrected chi connectivity index (χ2v) is 4.78. The fourth-order valence-electron chi connectivity index (χ4n) is 2.40. The van der Waals surface area contributed by atoms with Crippen LogP contribution in [0.3, 0.4) is 0 Å². The van der Waals surface area contributed by atoms with Crippen molar-refractivity contribution in [1.82, 2.24) is 0 Å². The van der Waals surface area contributed by atoms with Gasteiger partial charge in [-0.15, -0.1) is 0 Å². The Morgan fingerprint density at radius 2 is 2.38 bits per heavy atom. The predicted octanol–water partition coefficient (Wildman–Crippen LogP) is 2.83. The van der Waals surface area contributed by atoms with Crippen molar-refractivity contribution in [3.05, 3.63) is 23.7 Å². The van der Waals surface area contributed by atoms with Gasteiger partial charge in [0, 0.05) is 12.1 Å². The van der Waals surface area contributed by atoms with Crippen LogP contribution >= 0.6 is 0 Å². The lowest BCUT2D eigenvalue weighted by Gasteiger charge is -2.26. The third kappa shape index (κ3) is 2.86. The van der Waals surface area contributed by atoms with Crippen LogP contribution in [0, 0.1) is 5.92 Å². The molecular formula is C13H21NO2. The van der Waals surface area contributed by atoms with E-state index in [1.165, 1.54) is 25.7 Å². The molecule has 1 aliphatic carbocycles. The molecule has 1 saturated carbocycles. The highest BCUT2D eigenvalue weighted by molar-refractivity contribution is 5.15. The Kier molecular flexibility index (Phi) is 4.02. The van der Waals surface area contributed by atoms with Crippen molar-refractivity contribution in [2.45, 2.75) is 51.9 Å². The molecule has 2 unspecified atom stereocenters. The molecule has 16 heavy (non-hydrogen) atoms. The molecule has 0 aromatic carbocycles. The maximum atomic E-state index is 5.89. The first-order valence-corrected chi connectivity index (χ1v) is 6.16. The Labute approximate surface area is 97.0 Å². The average molecular weight is 223 g/mol. The molecule has 3 nitrogen and oxygen atoms in total. The fourth-order valence-corrected chi connectivity index (χ4v) is 2.40. The van der Waals surface area contributed by atoms with Gasteiger partial charge in [-0.3, -0.25) is 0 Å². The van der Waals surface area contributed by atoms with E-state index in [4.69, 9.17) is 14.9 Å². The van der Waals surface area contributed by atoms with E-state index in [1.807, 2.05) is 6.07 Å². The lowest BCUT2D eigenvalue weighted by Crippen LogP contribution is -2.21. The third-order valence-corrected chi connectivity index (χ3v) is 3.40. The number of nitrogens with two attached hydrogens (primary N) is 1. The van der Waals surface area contributed by atoms with Crippen LogP contribution < -0.4 is 5.73 Å². The van der Waals surface area contributed by atoms with Gasteiger partial charge in [-0.2, -0.15) is 0 Å². The molecule has 0 bridgehead atoms. The van der Waals surface area contributed by atoms with Crippen LogP contribution in [0.15, 0.2) is 16.7 Å².